The van der Waals surface area contributed by atoms with E-state index in [9.17, 15) is 9.59 Å². The number of rotatable bonds is 5. The molecule has 1 aliphatic rings. The fraction of sp³-hybridized carbons (Fsp3) is 0.400. The first-order chi connectivity index (χ1) is 12.5. The van der Waals surface area contributed by atoms with Crippen LogP contribution in [-0.2, 0) is 15.3 Å². The molecule has 0 N–H and O–H groups in total. The molecule has 0 aliphatic carbocycles. The minimum absolute atomic E-state index is 0.249. The van der Waals surface area contributed by atoms with Crippen LogP contribution in [0.3, 0.4) is 0 Å². The van der Waals surface area contributed by atoms with E-state index >= 15 is 0 Å². The lowest BCUT2D eigenvalue weighted by atomic mass is 10.2. The number of thioether (sulfide) groups is 1. The number of likely N-dealkylation sites (tertiary alicyclic amines) is 1. The summed E-state index contributed by atoms with van der Waals surface area (Å²) in [5.41, 5.74) is 2.46. The van der Waals surface area contributed by atoms with E-state index in [1.54, 1.807) is 22.7 Å². The van der Waals surface area contributed by atoms with Crippen molar-refractivity contribution >= 4 is 23.6 Å². The Balaban J connectivity index is 1.68. The summed E-state index contributed by atoms with van der Waals surface area (Å²) in [4.78, 5) is 27.3. The Labute approximate surface area is 157 Å². The third-order valence-corrected chi connectivity index (χ3v) is 5.99. The number of benzene rings is 1. The fourth-order valence-electron chi connectivity index (χ4n) is 3.27. The topological polar surface area (TPSA) is 59.8 Å². The molecule has 1 aliphatic heterocycles. The van der Waals surface area contributed by atoms with Gasteiger partial charge in [0, 0.05) is 11.4 Å². The molecular formula is C20H23NO4S. The van der Waals surface area contributed by atoms with E-state index < -0.39 is 6.04 Å². The molecule has 0 radical (unpaired) electrons. The summed E-state index contributed by atoms with van der Waals surface area (Å²) >= 11 is 1.70. The second-order valence-corrected chi connectivity index (χ2v) is 7.44. The van der Waals surface area contributed by atoms with Gasteiger partial charge >= 0.3 is 5.97 Å². The minimum atomic E-state index is -0.509. The molecule has 2 aromatic rings. The van der Waals surface area contributed by atoms with Crippen LogP contribution >= 0.6 is 11.8 Å². The van der Waals surface area contributed by atoms with Crippen molar-refractivity contribution in [2.24, 2.45) is 0 Å². The third kappa shape index (κ3) is 3.80. The van der Waals surface area contributed by atoms with Gasteiger partial charge in [-0.05, 0) is 49.9 Å². The molecule has 0 saturated carbocycles. The molecule has 1 saturated heterocycles. The summed E-state index contributed by atoms with van der Waals surface area (Å²) < 4.78 is 10.6. The SMILES string of the molecule is COC(=O)C1CCCN1C(=O)c1ccc(CSc2c(C)cccc2C)o1. The smallest absolute Gasteiger partial charge is 0.328 e. The molecule has 0 bridgehead atoms. The van der Waals surface area contributed by atoms with Crippen molar-refractivity contribution in [3.63, 3.8) is 0 Å². The van der Waals surface area contributed by atoms with E-state index in [2.05, 4.69) is 26.0 Å². The summed E-state index contributed by atoms with van der Waals surface area (Å²) in [7, 11) is 1.35. The normalized spacial score (nSPS) is 16.7. The van der Waals surface area contributed by atoms with Crippen LogP contribution in [0.1, 0.15) is 40.3 Å². The fourth-order valence-corrected chi connectivity index (χ4v) is 4.31. The lowest BCUT2D eigenvalue weighted by Gasteiger charge is -2.21. The van der Waals surface area contributed by atoms with Crippen LogP contribution in [0, 0.1) is 13.8 Å². The van der Waals surface area contributed by atoms with Gasteiger partial charge in [0.1, 0.15) is 11.8 Å². The number of hydrogen-bond acceptors (Lipinski definition) is 5. The van der Waals surface area contributed by atoms with Crippen LogP contribution in [-0.4, -0.2) is 36.5 Å². The second kappa shape index (κ2) is 7.99. The van der Waals surface area contributed by atoms with Gasteiger partial charge in [-0.2, -0.15) is 0 Å². The second-order valence-electron chi connectivity index (χ2n) is 6.46. The predicted molar refractivity (Wildman–Crippen MR) is 100 cm³/mol. The largest absolute Gasteiger partial charge is 0.467 e. The standard InChI is InChI=1S/C20H23NO4S/c1-13-6-4-7-14(2)18(13)26-12-15-9-10-17(25-15)19(22)21-11-5-8-16(21)20(23)24-3/h4,6-7,9-10,16H,5,8,11-12H2,1-3H3. The van der Waals surface area contributed by atoms with Gasteiger partial charge in [-0.15, -0.1) is 11.8 Å². The zero-order chi connectivity index (χ0) is 18.7. The number of amides is 1. The number of methoxy groups -OCH3 is 1. The molecule has 2 heterocycles. The van der Waals surface area contributed by atoms with E-state index in [4.69, 9.17) is 9.15 Å². The lowest BCUT2D eigenvalue weighted by Crippen LogP contribution is -2.40. The quantitative estimate of drug-likeness (QED) is 0.586. The number of carbonyl (C=O) groups is 2. The van der Waals surface area contributed by atoms with Crippen LogP contribution in [0.15, 0.2) is 39.6 Å². The highest BCUT2D eigenvalue weighted by atomic mass is 32.2. The molecule has 5 nitrogen and oxygen atoms in total. The average molecular weight is 373 g/mol. The van der Waals surface area contributed by atoms with Crippen molar-refractivity contribution < 1.29 is 18.7 Å². The van der Waals surface area contributed by atoms with Crippen molar-refractivity contribution in [3.8, 4) is 0 Å². The van der Waals surface area contributed by atoms with Gasteiger partial charge in [-0.1, -0.05) is 18.2 Å². The summed E-state index contributed by atoms with van der Waals surface area (Å²) in [6, 6.07) is 9.24. The van der Waals surface area contributed by atoms with Crippen LogP contribution in [0.2, 0.25) is 0 Å². The lowest BCUT2D eigenvalue weighted by molar-refractivity contribution is -0.145. The van der Waals surface area contributed by atoms with E-state index in [0.717, 1.165) is 12.2 Å². The molecule has 26 heavy (non-hydrogen) atoms. The number of ether oxygens (including phenoxy) is 1. The van der Waals surface area contributed by atoms with Gasteiger partial charge in [-0.25, -0.2) is 4.79 Å². The number of esters is 1. The predicted octanol–water partition coefficient (Wildman–Crippen LogP) is 3.97. The maximum absolute atomic E-state index is 12.7. The highest BCUT2D eigenvalue weighted by Gasteiger charge is 2.36. The Kier molecular flexibility index (Phi) is 5.71. The highest BCUT2D eigenvalue weighted by molar-refractivity contribution is 7.98. The van der Waals surface area contributed by atoms with E-state index in [1.807, 2.05) is 12.1 Å². The Hall–Kier alpha value is -2.21. The van der Waals surface area contributed by atoms with Gasteiger partial charge in [0.2, 0.25) is 0 Å². The van der Waals surface area contributed by atoms with E-state index in [1.165, 1.54) is 23.1 Å². The molecule has 3 rings (SSSR count). The minimum Gasteiger partial charge on any atom is -0.467 e. The van der Waals surface area contributed by atoms with Crippen molar-refractivity contribution in [1.82, 2.24) is 4.90 Å². The molecule has 0 spiro atoms. The van der Waals surface area contributed by atoms with Crippen molar-refractivity contribution in [2.75, 3.05) is 13.7 Å². The number of nitrogens with zero attached hydrogens (tertiary/aromatic N) is 1. The number of furan rings is 1. The maximum atomic E-state index is 12.7. The monoisotopic (exact) mass is 373 g/mol. The van der Waals surface area contributed by atoms with Gasteiger partial charge in [-0.3, -0.25) is 4.79 Å². The third-order valence-electron chi connectivity index (χ3n) is 4.63. The zero-order valence-electron chi connectivity index (χ0n) is 15.3. The average Bonchev–Trinajstić information content (AvgIpc) is 3.29. The molecule has 138 valence electrons. The van der Waals surface area contributed by atoms with Crippen LogP contribution in [0.25, 0.3) is 0 Å². The first-order valence-corrected chi connectivity index (χ1v) is 9.66. The van der Waals surface area contributed by atoms with Gasteiger partial charge in [0.25, 0.3) is 5.91 Å². The van der Waals surface area contributed by atoms with Gasteiger partial charge in [0.15, 0.2) is 5.76 Å². The van der Waals surface area contributed by atoms with Gasteiger partial charge in [0.05, 0.1) is 12.9 Å². The van der Waals surface area contributed by atoms with Crippen LogP contribution in [0.5, 0.6) is 0 Å². The maximum Gasteiger partial charge on any atom is 0.328 e. The summed E-state index contributed by atoms with van der Waals surface area (Å²) in [6.07, 6.45) is 1.43. The van der Waals surface area contributed by atoms with Gasteiger partial charge < -0.3 is 14.1 Å². The van der Waals surface area contributed by atoms with E-state index in [0.29, 0.717) is 18.7 Å². The Morgan fingerprint density at radius 3 is 2.65 bits per heavy atom. The first-order valence-electron chi connectivity index (χ1n) is 8.67. The van der Waals surface area contributed by atoms with Crippen molar-refractivity contribution in [3.05, 3.63) is 53.0 Å². The summed E-state index contributed by atoms with van der Waals surface area (Å²) in [6.45, 7) is 4.73. The number of aryl methyl sites for hydroxylation is 2. The van der Waals surface area contributed by atoms with Crippen molar-refractivity contribution in [1.29, 1.82) is 0 Å². The molecule has 1 aromatic carbocycles. The van der Waals surface area contributed by atoms with E-state index in [-0.39, 0.29) is 17.6 Å². The van der Waals surface area contributed by atoms with Crippen LogP contribution in [0.4, 0.5) is 0 Å². The number of hydrogen-bond donors (Lipinski definition) is 0. The molecule has 1 fully saturated rings. The summed E-state index contributed by atoms with van der Waals surface area (Å²) in [5, 5.41) is 0. The number of carbonyl (C=O) groups excluding carboxylic acids is 2. The van der Waals surface area contributed by atoms with Crippen LogP contribution < -0.4 is 0 Å². The molecular weight excluding hydrogens is 350 g/mol. The molecule has 1 atom stereocenters. The summed E-state index contributed by atoms with van der Waals surface area (Å²) in [5.74, 6) is 1.06. The molecule has 1 amide bonds. The first kappa shape index (κ1) is 18.6. The van der Waals surface area contributed by atoms with Crippen molar-refractivity contribution in [2.45, 2.75) is 43.4 Å². The molecule has 6 heteroatoms. The Morgan fingerprint density at radius 2 is 1.96 bits per heavy atom. The Bertz CT molecular complexity index is 794. The zero-order valence-corrected chi connectivity index (χ0v) is 16.1. The Morgan fingerprint density at radius 1 is 1.23 bits per heavy atom. The molecule has 1 unspecified atom stereocenters. The molecule has 1 aromatic heterocycles. The highest BCUT2D eigenvalue weighted by Crippen LogP contribution is 2.30.